The van der Waals surface area contributed by atoms with Crippen LogP contribution in [0.1, 0.15) is 23.6 Å². The predicted octanol–water partition coefficient (Wildman–Crippen LogP) is 2.88. The highest BCUT2D eigenvalue weighted by molar-refractivity contribution is 5.79. The molecular formula is C11H13NO. The lowest BCUT2D eigenvalue weighted by atomic mass is 10.0. The van der Waals surface area contributed by atoms with E-state index < -0.39 is 0 Å². The van der Waals surface area contributed by atoms with E-state index in [4.69, 9.17) is 4.74 Å². The number of benzene rings is 1. The molecule has 0 amide bonds. The topological polar surface area (TPSA) is 21.6 Å². The van der Waals surface area contributed by atoms with Crippen molar-refractivity contribution in [1.82, 2.24) is 0 Å². The lowest BCUT2D eigenvalue weighted by Crippen LogP contribution is -2.05. The second-order valence-electron chi connectivity index (χ2n) is 3.48. The van der Waals surface area contributed by atoms with Gasteiger partial charge in [-0.25, -0.2) is 4.99 Å². The molecule has 1 aliphatic heterocycles. The standard InChI is InChI=1S/C11H13NO/c1-7-4-10-6-13-9(3)12-11(10)5-8(7)2/h4-5H,6H2,1-3H3. The highest BCUT2D eigenvalue weighted by Crippen LogP contribution is 2.27. The molecule has 0 unspecified atom stereocenters. The van der Waals surface area contributed by atoms with Crippen LogP contribution in [0.4, 0.5) is 5.69 Å². The molecule has 0 saturated heterocycles. The van der Waals surface area contributed by atoms with E-state index in [1.54, 1.807) is 0 Å². The minimum absolute atomic E-state index is 0.659. The predicted molar refractivity (Wildman–Crippen MR) is 53.5 cm³/mol. The van der Waals surface area contributed by atoms with E-state index in [1.807, 2.05) is 6.92 Å². The first-order valence-electron chi connectivity index (χ1n) is 4.45. The largest absolute Gasteiger partial charge is 0.476 e. The average molecular weight is 175 g/mol. The summed E-state index contributed by atoms with van der Waals surface area (Å²) in [6.45, 7) is 6.76. The number of rotatable bonds is 0. The van der Waals surface area contributed by atoms with Crippen LogP contribution >= 0.6 is 0 Å². The van der Waals surface area contributed by atoms with E-state index in [9.17, 15) is 0 Å². The molecule has 0 fully saturated rings. The van der Waals surface area contributed by atoms with Crippen molar-refractivity contribution in [3.63, 3.8) is 0 Å². The van der Waals surface area contributed by atoms with Gasteiger partial charge < -0.3 is 4.74 Å². The summed E-state index contributed by atoms with van der Waals surface area (Å²) in [5.74, 6) is 0.760. The molecule has 13 heavy (non-hydrogen) atoms. The van der Waals surface area contributed by atoms with Crippen LogP contribution in [0.15, 0.2) is 17.1 Å². The van der Waals surface area contributed by atoms with Gasteiger partial charge in [0.05, 0.1) is 5.69 Å². The van der Waals surface area contributed by atoms with Crippen molar-refractivity contribution in [2.24, 2.45) is 4.99 Å². The smallest absolute Gasteiger partial charge is 0.185 e. The summed E-state index contributed by atoms with van der Waals surface area (Å²) in [5, 5.41) is 0. The molecule has 0 N–H and O–H groups in total. The molecule has 0 atom stereocenters. The van der Waals surface area contributed by atoms with Gasteiger partial charge in [-0.15, -0.1) is 0 Å². The summed E-state index contributed by atoms with van der Waals surface area (Å²) in [6, 6.07) is 4.28. The summed E-state index contributed by atoms with van der Waals surface area (Å²) in [7, 11) is 0. The van der Waals surface area contributed by atoms with E-state index >= 15 is 0 Å². The van der Waals surface area contributed by atoms with Crippen LogP contribution < -0.4 is 0 Å². The van der Waals surface area contributed by atoms with E-state index in [0.717, 1.165) is 11.6 Å². The third kappa shape index (κ3) is 1.44. The Balaban J connectivity index is 2.57. The van der Waals surface area contributed by atoms with Gasteiger partial charge in [0.15, 0.2) is 5.90 Å². The third-order valence-electron chi connectivity index (χ3n) is 2.41. The minimum atomic E-state index is 0.659. The molecule has 0 aromatic heterocycles. The van der Waals surface area contributed by atoms with Gasteiger partial charge in [-0.05, 0) is 31.0 Å². The lowest BCUT2D eigenvalue weighted by molar-refractivity contribution is 0.284. The van der Waals surface area contributed by atoms with Crippen molar-refractivity contribution in [1.29, 1.82) is 0 Å². The molecular weight excluding hydrogens is 162 g/mol. The molecule has 1 heterocycles. The van der Waals surface area contributed by atoms with E-state index in [0.29, 0.717) is 6.61 Å². The molecule has 2 nitrogen and oxygen atoms in total. The Hall–Kier alpha value is -1.31. The van der Waals surface area contributed by atoms with Gasteiger partial charge >= 0.3 is 0 Å². The van der Waals surface area contributed by atoms with Gasteiger partial charge in [-0.3, -0.25) is 0 Å². The molecule has 1 aliphatic rings. The zero-order valence-corrected chi connectivity index (χ0v) is 8.22. The van der Waals surface area contributed by atoms with Crippen molar-refractivity contribution in [3.8, 4) is 0 Å². The minimum Gasteiger partial charge on any atom is -0.476 e. The zero-order valence-electron chi connectivity index (χ0n) is 8.22. The molecule has 1 aromatic carbocycles. The van der Waals surface area contributed by atoms with Gasteiger partial charge in [0.25, 0.3) is 0 Å². The van der Waals surface area contributed by atoms with Crippen LogP contribution in [0.25, 0.3) is 0 Å². The Bertz CT molecular complexity index is 380. The fourth-order valence-corrected chi connectivity index (χ4v) is 1.46. The lowest BCUT2D eigenvalue weighted by Gasteiger charge is -2.16. The first kappa shape index (κ1) is 8.30. The molecule has 2 rings (SSSR count). The van der Waals surface area contributed by atoms with Crippen LogP contribution in [0.2, 0.25) is 0 Å². The Kier molecular flexibility index (Phi) is 1.83. The summed E-state index contributed by atoms with van der Waals surface area (Å²) in [4.78, 5) is 4.34. The summed E-state index contributed by atoms with van der Waals surface area (Å²) in [5.41, 5.74) is 4.84. The molecule has 0 saturated carbocycles. The number of ether oxygens (including phenoxy) is 1. The monoisotopic (exact) mass is 175 g/mol. The van der Waals surface area contributed by atoms with Crippen LogP contribution in [-0.2, 0) is 11.3 Å². The van der Waals surface area contributed by atoms with Crippen molar-refractivity contribution in [3.05, 3.63) is 28.8 Å². The highest BCUT2D eigenvalue weighted by atomic mass is 16.5. The maximum absolute atomic E-state index is 5.35. The maximum atomic E-state index is 5.35. The first-order valence-corrected chi connectivity index (χ1v) is 4.45. The maximum Gasteiger partial charge on any atom is 0.185 e. The van der Waals surface area contributed by atoms with Crippen molar-refractivity contribution < 1.29 is 4.74 Å². The molecule has 1 aromatic rings. The van der Waals surface area contributed by atoms with Crippen LogP contribution in [-0.4, -0.2) is 5.90 Å². The van der Waals surface area contributed by atoms with E-state index in [1.165, 1.54) is 16.7 Å². The Morgan fingerprint density at radius 1 is 1.15 bits per heavy atom. The summed E-state index contributed by atoms with van der Waals surface area (Å²) >= 11 is 0. The zero-order chi connectivity index (χ0) is 9.42. The summed E-state index contributed by atoms with van der Waals surface area (Å²) in [6.07, 6.45) is 0. The number of hydrogen-bond acceptors (Lipinski definition) is 2. The number of aliphatic imine (C=N–C) groups is 1. The quantitative estimate of drug-likeness (QED) is 0.594. The van der Waals surface area contributed by atoms with Crippen LogP contribution in [0, 0.1) is 13.8 Å². The molecule has 0 radical (unpaired) electrons. The van der Waals surface area contributed by atoms with Gasteiger partial charge in [-0.2, -0.15) is 0 Å². The first-order chi connectivity index (χ1) is 6.16. The number of fused-ring (bicyclic) bond motifs is 1. The normalized spacial score (nSPS) is 14.5. The molecule has 2 heteroatoms. The number of hydrogen-bond donors (Lipinski definition) is 0. The second kappa shape index (κ2) is 2.87. The Morgan fingerprint density at radius 2 is 1.85 bits per heavy atom. The Morgan fingerprint density at radius 3 is 2.62 bits per heavy atom. The van der Waals surface area contributed by atoms with Crippen molar-refractivity contribution >= 4 is 11.6 Å². The van der Waals surface area contributed by atoms with Crippen molar-refractivity contribution in [2.45, 2.75) is 27.4 Å². The van der Waals surface area contributed by atoms with Crippen molar-refractivity contribution in [2.75, 3.05) is 0 Å². The van der Waals surface area contributed by atoms with Gasteiger partial charge in [0.2, 0.25) is 0 Å². The fraction of sp³-hybridized carbons (Fsp3) is 0.364. The number of nitrogens with zero attached hydrogens (tertiary/aromatic N) is 1. The number of aryl methyl sites for hydroxylation is 2. The van der Waals surface area contributed by atoms with E-state index in [-0.39, 0.29) is 0 Å². The van der Waals surface area contributed by atoms with Crippen LogP contribution in [0.3, 0.4) is 0 Å². The molecule has 0 bridgehead atoms. The van der Waals surface area contributed by atoms with Gasteiger partial charge in [-0.1, -0.05) is 6.07 Å². The third-order valence-corrected chi connectivity index (χ3v) is 2.41. The molecule has 0 spiro atoms. The summed E-state index contributed by atoms with van der Waals surface area (Å²) < 4.78 is 5.35. The SMILES string of the molecule is CC1=Nc2cc(C)c(C)cc2CO1. The average Bonchev–Trinajstić information content (AvgIpc) is 2.08. The second-order valence-corrected chi connectivity index (χ2v) is 3.48. The molecule has 0 aliphatic carbocycles. The van der Waals surface area contributed by atoms with Gasteiger partial charge in [0.1, 0.15) is 6.61 Å². The van der Waals surface area contributed by atoms with Crippen LogP contribution in [0.5, 0.6) is 0 Å². The highest BCUT2D eigenvalue weighted by Gasteiger charge is 2.10. The fourth-order valence-electron chi connectivity index (χ4n) is 1.46. The van der Waals surface area contributed by atoms with Gasteiger partial charge in [0, 0.05) is 12.5 Å². The Labute approximate surface area is 78.3 Å². The van der Waals surface area contributed by atoms with E-state index in [2.05, 4.69) is 31.0 Å². The molecule has 68 valence electrons.